The summed E-state index contributed by atoms with van der Waals surface area (Å²) >= 11 is 0. The van der Waals surface area contributed by atoms with Gasteiger partial charge in [0.1, 0.15) is 6.33 Å². The Balaban J connectivity index is 1.95. The number of carbonyl (C=O) groups excluding carboxylic acids is 1. The van der Waals surface area contributed by atoms with Gasteiger partial charge in [-0.2, -0.15) is 0 Å². The van der Waals surface area contributed by atoms with Crippen LogP contribution in [0.2, 0.25) is 0 Å². The van der Waals surface area contributed by atoms with E-state index in [1.54, 1.807) is 11.1 Å². The maximum absolute atomic E-state index is 12.6. The van der Waals surface area contributed by atoms with Gasteiger partial charge < -0.3 is 9.64 Å². The van der Waals surface area contributed by atoms with Gasteiger partial charge in [0.15, 0.2) is 0 Å². The molecule has 0 aliphatic carbocycles. The SMILES string of the molecule is O=C(c1cncnc1-c1ccccc1)N1CCOCC1. The first-order valence-corrected chi connectivity index (χ1v) is 6.59. The van der Waals surface area contributed by atoms with Gasteiger partial charge in [0.05, 0.1) is 24.5 Å². The summed E-state index contributed by atoms with van der Waals surface area (Å²) in [5, 5.41) is 0. The van der Waals surface area contributed by atoms with Crippen molar-refractivity contribution in [3.05, 3.63) is 48.4 Å². The van der Waals surface area contributed by atoms with Crippen molar-refractivity contribution in [2.75, 3.05) is 26.3 Å². The van der Waals surface area contributed by atoms with Crippen molar-refractivity contribution in [3.63, 3.8) is 0 Å². The number of aromatic nitrogens is 2. The smallest absolute Gasteiger partial charge is 0.257 e. The quantitative estimate of drug-likeness (QED) is 0.831. The maximum atomic E-state index is 12.6. The second kappa shape index (κ2) is 5.79. The molecule has 0 bridgehead atoms. The van der Waals surface area contributed by atoms with Crippen LogP contribution in [0.4, 0.5) is 0 Å². The van der Waals surface area contributed by atoms with Crippen LogP contribution in [-0.2, 0) is 4.74 Å². The highest BCUT2D eigenvalue weighted by atomic mass is 16.5. The molecular formula is C15H15N3O2. The normalized spacial score (nSPS) is 15.1. The zero-order valence-corrected chi connectivity index (χ0v) is 11.0. The van der Waals surface area contributed by atoms with Crippen molar-refractivity contribution in [1.82, 2.24) is 14.9 Å². The van der Waals surface area contributed by atoms with E-state index < -0.39 is 0 Å². The topological polar surface area (TPSA) is 55.3 Å². The maximum Gasteiger partial charge on any atom is 0.257 e. The molecule has 1 aromatic heterocycles. The molecule has 0 N–H and O–H groups in total. The van der Waals surface area contributed by atoms with Gasteiger partial charge in [-0.25, -0.2) is 9.97 Å². The van der Waals surface area contributed by atoms with Gasteiger partial charge >= 0.3 is 0 Å². The van der Waals surface area contributed by atoms with Crippen molar-refractivity contribution in [2.24, 2.45) is 0 Å². The second-order valence-corrected chi connectivity index (χ2v) is 4.56. The number of rotatable bonds is 2. The first kappa shape index (κ1) is 12.7. The van der Waals surface area contributed by atoms with Gasteiger partial charge in [-0.05, 0) is 0 Å². The van der Waals surface area contributed by atoms with Gasteiger partial charge in [-0.1, -0.05) is 30.3 Å². The molecule has 5 nitrogen and oxygen atoms in total. The van der Waals surface area contributed by atoms with Crippen molar-refractivity contribution in [3.8, 4) is 11.3 Å². The Bertz CT molecular complexity index is 595. The zero-order valence-electron chi connectivity index (χ0n) is 11.0. The molecule has 2 heterocycles. The fraction of sp³-hybridized carbons (Fsp3) is 0.267. The number of nitrogens with zero attached hydrogens (tertiary/aromatic N) is 3. The molecule has 5 heteroatoms. The summed E-state index contributed by atoms with van der Waals surface area (Å²) in [7, 11) is 0. The standard InChI is InChI=1S/C15H15N3O2/c19-15(18-6-8-20-9-7-18)13-10-16-11-17-14(13)12-4-2-1-3-5-12/h1-5,10-11H,6-9H2. The second-order valence-electron chi connectivity index (χ2n) is 4.56. The Labute approximate surface area is 117 Å². The Hall–Kier alpha value is -2.27. The molecule has 2 aromatic rings. The van der Waals surface area contributed by atoms with E-state index in [0.717, 1.165) is 5.56 Å². The number of amides is 1. The van der Waals surface area contributed by atoms with Crippen molar-refractivity contribution in [2.45, 2.75) is 0 Å². The van der Waals surface area contributed by atoms with Gasteiger partial charge in [-0.15, -0.1) is 0 Å². The predicted octanol–water partition coefficient (Wildman–Crippen LogP) is 1.62. The Morgan fingerprint density at radius 1 is 1.15 bits per heavy atom. The van der Waals surface area contributed by atoms with E-state index in [-0.39, 0.29) is 5.91 Å². The molecule has 1 saturated heterocycles. The summed E-state index contributed by atoms with van der Waals surface area (Å²) < 4.78 is 5.28. The number of ether oxygens (including phenoxy) is 1. The van der Waals surface area contributed by atoms with Gasteiger partial charge in [0.25, 0.3) is 5.91 Å². The van der Waals surface area contributed by atoms with E-state index in [1.165, 1.54) is 6.33 Å². The minimum absolute atomic E-state index is 0.0345. The van der Waals surface area contributed by atoms with Gasteiger partial charge in [0, 0.05) is 24.8 Å². The highest BCUT2D eigenvalue weighted by molar-refractivity contribution is 5.99. The summed E-state index contributed by atoms with van der Waals surface area (Å²) in [5.74, 6) is -0.0345. The van der Waals surface area contributed by atoms with Crippen LogP contribution in [0, 0.1) is 0 Å². The summed E-state index contributed by atoms with van der Waals surface area (Å²) in [5.41, 5.74) is 2.14. The third kappa shape index (κ3) is 2.53. The molecule has 20 heavy (non-hydrogen) atoms. The van der Waals surface area contributed by atoms with Crippen LogP contribution in [-0.4, -0.2) is 47.1 Å². The lowest BCUT2D eigenvalue weighted by Crippen LogP contribution is -2.41. The van der Waals surface area contributed by atoms with Crippen molar-refractivity contribution in [1.29, 1.82) is 0 Å². The monoisotopic (exact) mass is 269 g/mol. The minimum Gasteiger partial charge on any atom is -0.378 e. The lowest BCUT2D eigenvalue weighted by Gasteiger charge is -2.27. The van der Waals surface area contributed by atoms with E-state index in [0.29, 0.717) is 37.6 Å². The van der Waals surface area contributed by atoms with E-state index in [2.05, 4.69) is 9.97 Å². The Morgan fingerprint density at radius 3 is 2.65 bits per heavy atom. The van der Waals surface area contributed by atoms with Crippen LogP contribution in [0.1, 0.15) is 10.4 Å². The molecule has 3 rings (SSSR count). The third-order valence-corrected chi connectivity index (χ3v) is 3.29. The van der Waals surface area contributed by atoms with Crippen molar-refractivity contribution < 1.29 is 9.53 Å². The lowest BCUT2D eigenvalue weighted by atomic mass is 10.1. The number of benzene rings is 1. The summed E-state index contributed by atoms with van der Waals surface area (Å²) in [6.07, 6.45) is 3.06. The van der Waals surface area contributed by atoms with Crippen LogP contribution in [0.5, 0.6) is 0 Å². The number of hydrogen-bond donors (Lipinski definition) is 0. The highest BCUT2D eigenvalue weighted by Gasteiger charge is 2.22. The minimum atomic E-state index is -0.0345. The fourth-order valence-electron chi connectivity index (χ4n) is 2.25. The van der Waals surface area contributed by atoms with E-state index in [1.807, 2.05) is 30.3 Å². The molecule has 0 spiro atoms. The summed E-state index contributed by atoms with van der Waals surface area (Å²) in [6.45, 7) is 2.39. The molecule has 0 radical (unpaired) electrons. The highest BCUT2D eigenvalue weighted by Crippen LogP contribution is 2.21. The number of morpholine rings is 1. The number of carbonyl (C=O) groups is 1. The average Bonchev–Trinajstić information content (AvgIpc) is 2.56. The van der Waals surface area contributed by atoms with Gasteiger partial charge in [-0.3, -0.25) is 4.79 Å². The molecule has 102 valence electrons. The molecule has 1 aliphatic rings. The molecule has 1 aliphatic heterocycles. The number of hydrogen-bond acceptors (Lipinski definition) is 4. The molecule has 1 aromatic carbocycles. The fourth-order valence-corrected chi connectivity index (χ4v) is 2.25. The van der Waals surface area contributed by atoms with Crippen molar-refractivity contribution >= 4 is 5.91 Å². The van der Waals surface area contributed by atoms with E-state index in [4.69, 9.17) is 4.74 Å². The lowest BCUT2D eigenvalue weighted by molar-refractivity contribution is 0.0303. The Morgan fingerprint density at radius 2 is 1.90 bits per heavy atom. The van der Waals surface area contributed by atoms with Crippen LogP contribution >= 0.6 is 0 Å². The first-order chi connectivity index (χ1) is 9.86. The van der Waals surface area contributed by atoms with E-state index >= 15 is 0 Å². The third-order valence-electron chi connectivity index (χ3n) is 3.29. The molecule has 0 atom stereocenters. The zero-order chi connectivity index (χ0) is 13.8. The summed E-state index contributed by atoms with van der Waals surface area (Å²) in [6, 6.07) is 9.69. The average molecular weight is 269 g/mol. The van der Waals surface area contributed by atoms with E-state index in [9.17, 15) is 4.79 Å². The first-order valence-electron chi connectivity index (χ1n) is 6.59. The van der Waals surface area contributed by atoms with Crippen LogP contribution in [0.25, 0.3) is 11.3 Å². The molecule has 0 unspecified atom stereocenters. The molecule has 1 fully saturated rings. The van der Waals surface area contributed by atoms with Gasteiger partial charge in [0.2, 0.25) is 0 Å². The summed E-state index contributed by atoms with van der Waals surface area (Å²) in [4.78, 5) is 22.6. The molecule has 1 amide bonds. The predicted molar refractivity (Wildman–Crippen MR) is 74.2 cm³/mol. The molecular weight excluding hydrogens is 254 g/mol. The van der Waals surface area contributed by atoms with Crippen LogP contribution in [0.3, 0.4) is 0 Å². The largest absolute Gasteiger partial charge is 0.378 e. The Kier molecular flexibility index (Phi) is 3.69. The van der Waals surface area contributed by atoms with Crippen LogP contribution in [0.15, 0.2) is 42.9 Å². The molecule has 0 saturated carbocycles. The van der Waals surface area contributed by atoms with Crippen LogP contribution < -0.4 is 0 Å².